The topological polar surface area (TPSA) is 56.6 Å². The van der Waals surface area contributed by atoms with Gasteiger partial charge in [0, 0.05) is 37.2 Å². The van der Waals surface area contributed by atoms with Gasteiger partial charge in [0.2, 0.25) is 5.91 Å². The van der Waals surface area contributed by atoms with Crippen molar-refractivity contribution < 1.29 is 14.3 Å². The van der Waals surface area contributed by atoms with E-state index in [-0.39, 0.29) is 11.8 Å². The van der Waals surface area contributed by atoms with Crippen LogP contribution in [0.15, 0.2) is 78.9 Å². The van der Waals surface area contributed by atoms with E-state index in [0.717, 1.165) is 47.0 Å². The number of fused-ring (bicyclic) bond motifs is 1. The Morgan fingerprint density at radius 2 is 1.76 bits per heavy atom. The van der Waals surface area contributed by atoms with E-state index in [1.807, 2.05) is 77.7 Å². The minimum Gasteiger partial charge on any atom is -0.497 e. The Kier molecular flexibility index (Phi) is 5.98. The van der Waals surface area contributed by atoms with Gasteiger partial charge in [-0.05, 0) is 42.8 Å². The smallest absolute Gasteiger partial charge is 0.227 e. The maximum absolute atomic E-state index is 12.8. The van der Waals surface area contributed by atoms with Gasteiger partial charge in [-0.15, -0.1) is 0 Å². The van der Waals surface area contributed by atoms with Crippen molar-refractivity contribution in [1.82, 2.24) is 9.55 Å². The number of anilines is 1. The van der Waals surface area contributed by atoms with Crippen molar-refractivity contribution in [3.63, 3.8) is 0 Å². The Balaban J connectivity index is 1.33. The molecule has 168 valence electrons. The highest BCUT2D eigenvalue weighted by Gasteiger charge is 2.34. The van der Waals surface area contributed by atoms with Crippen molar-refractivity contribution in [3.05, 3.63) is 84.7 Å². The van der Waals surface area contributed by atoms with Crippen LogP contribution in [-0.4, -0.2) is 35.7 Å². The number of benzene rings is 3. The van der Waals surface area contributed by atoms with Crippen LogP contribution in [0.5, 0.6) is 11.5 Å². The van der Waals surface area contributed by atoms with Crippen molar-refractivity contribution >= 4 is 22.6 Å². The fraction of sp³-hybridized carbons (Fsp3) is 0.259. The van der Waals surface area contributed by atoms with Crippen molar-refractivity contribution in [2.24, 2.45) is 0 Å². The first-order valence-corrected chi connectivity index (χ1v) is 11.3. The molecule has 1 amide bonds. The Bertz CT molecular complexity index is 1250. The van der Waals surface area contributed by atoms with E-state index in [1.54, 1.807) is 7.11 Å². The van der Waals surface area contributed by atoms with Crippen LogP contribution < -0.4 is 14.4 Å². The van der Waals surface area contributed by atoms with Crippen LogP contribution in [0.1, 0.15) is 24.6 Å². The molecule has 0 spiro atoms. The summed E-state index contributed by atoms with van der Waals surface area (Å²) in [4.78, 5) is 19.6. The van der Waals surface area contributed by atoms with Crippen molar-refractivity contribution in [3.8, 4) is 11.5 Å². The molecule has 1 unspecified atom stereocenters. The van der Waals surface area contributed by atoms with Crippen molar-refractivity contribution in [2.75, 3.05) is 25.2 Å². The molecule has 0 saturated carbocycles. The fourth-order valence-corrected chi connectivity index (χ4v) is 4.48. The summed E-state index contributed by atoms with van der Waals surface area (Å²) in [7, 11) is 1.65. The number of hydrogen-bond acceptors (Lipinski definition) is 4. The molecule has 1 aromatic heterocycles. The molecule has 0 aliphatic carbocycles. The first kappa shape index (κ1) is 21.1. The summed E-state index contributed by atoms with van der Waals surface area (Å²) >= 11 is 0. The highest BCUT2D eigenvalue weighted by atomic mass is 16.5. The molecule has 5 rings (SSSR count). The lowest BCUT2D eigenvalue weighted by Gasteiger charge is -2.17. The van der Waals surface area contributed by atoms with E-state index in [0.29, 0.717) is 19.6 Å². The van der Waals surface area contributed by atoms with E-state index in [4.69, 9.17) is 14.5 Å². The van der Waals surface area contributed by atoms with Crippen LogP contribution >= 0.6 is 0 Å². The van der Waals surface area contributed by atoms with Gasteiger partial charge in [-0.25, -0.2) is 4.98 Å². The second-order valence-electron chi connectivity index (χ2n) is 8.23. The first-order valence-electron chi connectivity index (χ1n) is 11.3. The number of para-hydroxylation sites is 3. The molecule has 1 fully saturated rings. The number of amides is 1. The van der Waals surface area contributed by atoms with Crippen LogP contribution in [-0.2, 0) is 11.3 Å². The molecule has 6 heteroatoms. The van der Waals surface area contributed by atoms with Crippen LogP contribution in [0.4, 0.5) is 5.69 Å². The molecule has 33 heavy (non-hydrogen) atoms. The van der Waals surface area contributed by atoms with E-state index < -0.39 is 0 Å². The second kappa shape index (κ2) is 9.36. The summed E-state index contributed by atoms with van der Waals surface area (Å²) < 4.78 is 13.5. The standard InChI is InChI=1S/C27H27N3O3/c1-32-22-11-7-12-23(18-22)33-16-8-15-29-25-14-6-5-13-24(25)28-27(29)20-17-26(31)30(19-20)21-9-3-2-4-10-21/h2-7,9-14,18,20H,8,15-17,19H2,1H3. The van der Waals surface area contributed by atoms with Gasteiger partial charge in [0.25, 0.3) is 0 Å². The lowest BCUT2D eigenvalue weighted by atomic mass is 10.1. The lowest BCUT2D eigenvalue weighted by Crippen LogP contribution is -2.24. The van der Waals surface area contributed by atoms with Gasteiger partial charge in [0.1, 0.15) is 17.3 Å². The van der Waals surface area contributed by atoms with Crippen molar-refractivity contribution in [2.45, 2.75) is 25.3 Å². The number of imidazole rings is 1. The third kappa shape index (κ3) is 4.42. The van der Waals surface area contributed by atoms with Crippen LogP contribution in [0.2, 0.25) is 0 Å². The molecule has 0 radical (unpaired) electrons. The minimum absolute atomic E-state index is 0.0596. The number of methoxy groups -OCH3 is 1. The fourth-order valence-electron chi connectivity index (χ4n) is 4.48. The number of rotatable bonds is 8. The van der Waals surface area contributed by atoms with Crippen molar-refractivity contribution in [1.29, 1.82) is 0 Å². The molecule has 0 N–H and O–H groups in total. The average Bonchev–Trinajstić information content (AvgIpc) is 3.43. The zero-order valence-corrected chi connectivity index (χ0v) is 18.7. The predicted octanol–water partition coefficient (Wildman–Crippen LogP) is 5.03. The number of nitrogens with zero attached hydrogens (tertiary/aromatic N) is 3. The van der Waals surface area contributed by atoms with Crippen LogP contribution in [0.25, 0.3) is 11.0 Å². The Labute approximate surface area is 193 Å². The van der Waals surface area contributed by atoms with E-state index >= 15 is 0 Å². The van der Waals surface area contributed by atoms with Crippen LogP contribution in [0.3, 0.4) is 0 Å². The van der Waals surface area contributed by atoms with Gasteiger partial charge in [-0.2, -0.15) is 0 Å². The molecule has 2 heterocycles. The molecule has 3 aromatic carbocycles. The van der Waals surface area contributed by atoms with Gasteiger partial charge in [0.05, 0.1) is 24.8 Å². The predicted molar refractivity (Wildman–Crippen MR) is 129 cm³/mol. The highest BCUT2D eigenvalue weighted by Crippen LogP contribution is 2.33. The molecule has 4 aromatic rings. The lowest BCUT2D eigenvalue weighted by molar-refractivity contribution is -0.117. The zero-order valence-electron chi connectivity index (χ0n) is 18.7. The molecule has 1 aliphatic rings. The molecule has 1 atom stereocenters. The second-order valence-corrected chi connectivity index (χ2v) is 8.23. The zero-order chi connectivity index (χ0) is 22.6. The summed E-state index contributed by atoms with van der Waals surface area (Å²) in [6, 6.07) is 25.7. The first-order chi connectivity index (χ1) is 16.2. The summed E-state index contributed by atoms with van der Waals surface area (Å²) in [5.41, 5.74) is 3.01. The maximum atomic E-state index is 12.8. The Morgan fingerprint density at radius 1 is 0.970 bits per heavy atom. The number of ether oxygens (including phenoxy) is 2. The number of carbonyl (C=O) groups is 1. The van der Waals surface area contributed by atoms with Gasteiger partial charge < -0.3 is 18.9 Å². The maximum Gasteiger partial charge on any atom is 0.227 e. The van der Waals surface area contributed by atoms with Gasteiger partial charge >= 0.3 is 0 Å². The number of aromatic nitrogens is 2. The largest absolute Gasteiger partial charge is 0.497 e. The summed E-state index contributed by atoms with van der Waals surface area (Å²) in [6.45, 7) is 2.00. The van der Waals surface area contributed by atoms with Gasteiger partial charge in [0.15, 0.2) is 0 Å². The van der Waals surface area contributed by atoms with Crippen LogP contribution in [0, 0.1) is 0 Å². The SMILES string of the molecule is COc1cccc(OCCCn2c(C3CC(=O)N(c4ccccc4)C3)nc3ccccc32)c1. The summed E-state index contributed by atoms with van der Waals surface area (Å²) in [6.07, 6.45) is 1.30. The van der Waals surface area contributed by atoms with Gasteiger partial charge in [-0.3, -0.25) is 4.79 Å². The average molecular weight is 442 g/mol. The summed E-state index contributed by atoms with van der Waals surface area (Å²) in [5, 5.41) is 0. The number of hydrogen-bond donors (Lipinski definition) is 0. The molecular weight excluding hydrogens is 414 g/mol. The number of carbonyl (C=O) groups excluding carboxylic acids is 1. The monoisotopic (exact) mass is 441 g/mol. The minimum atomic E-state index is 0.0596. The van der Waals surface area contributed by atoms with E-state index in [2.05, 4.69) is 10.6 Å². The normalized spacial score (nSPS) is 15.8. The molecular formula is C27H27N3O3. The molecule has 0 bridgehead atoms. The third-order valence-electron chi connectivity index (χ3n) is 6.08. The Morgan fingerprint density at radius 3 is 2.61 bits per heavy atom. The summed E-state index contributed by atoms with van der Waals surface area (Å²) in [5.74, 6) is 2.76. The molecule has 1 aliphatic heterocycles. The highest BCUT2D eigenvalue weighted by molar-refractivity contribution is 5.96. The third-order valence-corrected chi connectivity index (χ3v) is 6.08. The number of aryl methyl sites for hydroxylation is 1. The van der Waals surface area contributed by atoms with Gasteiger partial charge in [-0.1, -0.05) is 36.4 Å². The van der Waals surface area contributed by atoms with E-state index in [1.165, 1.54) is 0 Å². The molecule has 6 nitrogen and oxygen atoms in total. The molecule has 1 saturated heterocycles. The quantitative estimate of drug-likeness (QED) is 0.360. The Hall–Kier alpha value is -3.80. The van der Waals surface area contributed by atoms with E-state index in [9.17, 15) is 4.79 Å².